The fourth-order valence-corrected chi connectivity index (χ4v) is 8.73. The predicted octanol–water partition coefficient (Wildman–Crippen LogP) is 12.7. The molecule has 58 heavy (non-hydrogen) atoms. The molecule has 0 aliphatic carbocycles. The van der Waals surface area contributed by atoms with Crippen molar-refractivity contribution < 1.29 is 0 Å². The number of aromatic nitrogens is 6. The molecule has 0 aliphatic rings. The third-order valence-corrected chi connectivity index (χ3v) is 11.5. The predicted molar refractivity (Wildman–Crippen MR) is 237 cm³/mol. The van der Waals surface area contributed by atoms with Crippen LogP contribution in [0.15, 0.2) is 195 Å². The van der Waals surface area contributed by atoms with Gasteiger partial charge in [-0.2, -0.15) is 0 Å². The van der Waals surface area contributed by atoms with Crippen molar-refractivity contribution in [2.75, 3.05) is 0 Å². The number of benzene rings is 6. The van der Waals surface area contributed by atoms with Crippen molar-refractivity contribution in [1.82, 2.24) is 28.9 Å². The summed E-state index contributed by atoms with van der Waals surface area (Å²) in [6.45, 7) is 0. The molecule has 0 bridgehead atoms. The number of fused-ring (bicyclic) bond motifs is 11. The standard InChI is InChI=1S/C52H32N6/c1-2-14-43-40(11-1)41-12-3-6-16-49(41)58-51-30-50-44(29-47(51)56-52(43)58)42-13-4-5-15-48(42)57(50)39-27-45(35-21-17-33(18-22-35)37-9-7-25-53-31-37)55-46(28-39)36-23-19-34(20-24-36)38-10-8-26-54-32-38/h1-32H. The topological polar surface area (TPSA) is 60.9 Å². The molecule has 0 fully saturated rings. The van der Waals surface area contributed by atoms with E-state index < -0.39 is 0 Å². The molecule has 12 rings (SSSR count). The highest BCUT2D eigenvalue weighted by atomic mass is 15.0. The van der Waals surface area contributed by atoms with Crippen LogP contribution in [0, 0.1) is 0 Å². The summed E-state index contributed by atoms with van der Waals surface area (Å²) >= 11 is 0. The zero-order chi connectivity index (χ0) is 38.2. The molecule has 12 aromatic rings. The van der Waals surface area contributed by atoms with E-state index in [9.17, 15) is 0 Å². The highest BCUT2D eigenvalue weighted by Crippen LogP contribution is 2.39. The van der Waals surface area contributed by atoms with Crippen LogP contribution in [0.25, 0.3) is 111 Å². The van der Waals surface area contributed by atoms with Gasteiger partial charge in [-0.05, 0) is 76.2 Å². The Kier molecular flexibility index (Phi) is 7.13. The van der Waals surface area contributed by atoms with Crippen LogP contribution in [-0.2, 0) is 0 Å². The van der Waals surface area contributed by atoms with E-state index in [1.54, 1.807) is 12.4 Å². The fourth-order valence-electron chi connectivity index (χ4n) is 8.73. The zero-order valence-electron chi connectivity index (χ0n) is 31.2. The van der Waals surface area contributed by atoms with Gasteiger partial charge in [0.2, 0.25) is 0 Å². The molecule has 0 unspecified atom stereocenters. The van der Waals surface area contributed by atoms with E-state index in [1.807, 2.05) is 24.5 Å². The first kappa shape index (κ1) is 32.3. The molecule has 0 spiro atoms. The largest absolute Gasteiger partial charge is 0.309 e. The van der Waals surface area contributed by atoms with Gasteiger partial charge in [0.05, 0.1) is 44.7 Å². The maximum absolute atomic E-state index is 5.34. The third-order valence-electron chi connectivity index (χ3n) is 11.5. The highest BCUT2D eigenvalue weighted by Gasteiger charge is 2.20. The molecule has 6 heterocycles. The average molecular weight is 741 g/mol. The Morgan fingerprint density at radius 2 is 0.879 bits per heavy atom. The minimum Gasteiger partial charge on any atom is -0.309 e. The number of rotatable bonds is 5. The Bertz CT molecular complexity index is 3430. The Balaban J connectivity index is 1.11. The molecule has 0 N–H and O–H groups in total. The summed E-state index contributed by atoms with van der Waals surface area (Å²) < 4.78 is 4.74. The Morgan fingerprint density at radius 1 is 0.345 bits per heavy atom. The number of imidazole rings is 1. The minimum atomic E-state index is 0.890. The second-order valence-corrected chi connectivity index (χ2v) is 14.8. The van der Waals surface area contributed by atoms with Crippen LogP contribution in [0.1, 0.15) is 0 Å². The van der Waals surface area contributed by atoms with Gasteiger partial charge in [0.1, 0.15) is 5.65 Å². The second kappa shape index (κ2) is 12.8. The van der Waals surface area contributed by atoms with Crippen molar-refractivity contribution >= 4 is 60.2 Å². The molecular formula is C52H32N6. The summed E-state index contributed by atoms with van der Waals surface area (Å²) in [6, 6.07) is 60.3. The van der Waals surface area contributed by atoms with Crippen LogP contribution in [-0.4, -0.2) is 28.9 Å². The lowest BCUT2D eigenvalue weighted by molar-refractivity contribution is 1.16. The van der Waals surface area contributed by atoms with Gasteiger partial charge < -0.3 is 4.57 Å². The summed E-state index contributed by atoms with van der Waals surface area (Å²) in [5, 5.41) is 5.88. The number of pyridine rings is 4. The van der Waals surface area contributed by atoms with E-state index in [2.05, 4.69) is 177 Å². The van der Waals surface area contributed by atoms with Crippen LogP contribution in [0.5, 0.6) is 0 Å². The smallest absolute Gasteiger partial charge is 0.146 e. The van der Waals surface area contributed by atoms with Gasteiger partial charge in [0.25, 0.3) is 0 Å². The van der Waals surface area contributed by atoms with Gasteiger partial charge in [-0.3, -0.25) is 14.4 Å². The molecular weight excluding hydrogens is 709 g/mol. The summed E-state index contributed by atoms with van der Waals surface area (Å²) in [7, 11) is 0. The van der Waals surface area contributed by atoms with E-state index >= 15 is 0 Å². The van der Waals surface area contributed by atoms with E-state index in [1.165, 1.54) is 16.2 Å². The van der Waals surface area contributed by atoms with Crippen molar-refractivity contribution in [2.45, 2.75) is 0 Å². The molecule has 6 nitrogen and oxygen atoms in total. The van der Waals surface area contributed by atoms with Crippen LogP contribution >= 0.6 is 0 Å². The van der Waals surface area contributed by atoms with E-state index in [-0.39, 0.29) is 0 Å². The zero-order valence-corrected chi connectivity index (χ0v) is 31.2. The van der Waals surface area contributed by atoms with E-state index in [4.69, 9.17) is 9.97 Å². The van der Waals surface area contributed by atoms with Crippen LogP contribution < -0.4 is 0 Å². The van der Waals surface area contributed by atoms with Crippen LogP contribution in [0.3, 0.4) is 0 Å². The number of nitrogens with zero attached hydrogens (tertiary/aromatic N) is 6. The molecule has 6 aromatic carbocycles. The molecule has 6 heteroatoms. The van der Waals surface area contributed by atoms with Crippen molar-refractivity contribution in [3.63, 3.8) is 0 Å². The molecule has 6 aromatic heterocycles. The first-order chi connectivity index (χ1) is 28.7. The lowest BCUT2D eigenvalue weighted by Crippen LogP contribution is -1.98. The van der Waals surface area contributed by atoms with Crippen molar-refractivity contribution in [3.05, 3.63) is 195 Å². The van der Waals surface area contributed by atoms with Crippen molar-refractivity contribution in [2.24, 2.45) is 0 Å². The van der Waals surface area contributed by atoms with Crippen LogP contribution in [0.2, 0.25) is 0 Å². The molecule has 0 radical (unpaired) electrons. The number of hydrogen-bond acceptors (Lipinski definition) is 4. The first-order valence-electron chi connectivity index (χ1n) is 19.4. The van der Waals surface area contributed by atoms with Gasteiger partial charge in [0.15, 0.2) is 0 Å². The Hall–Kier alpha value is -7.96. The third kappa shape index (κ3) is 5.05. The molecule has 0 aliphatic heterocycles. The molecule has 0 atom stereocenters. The summed E-state index contributed by atoms with van der Waals surface area (Å²) in [5.41, 5.74) is 15.6. The normalized spacial score (nSPS) is 11.8. The fraction of sp³-hybridized carbons (Fsp3) is 0. The van der Waals surface area contributed by atoms with E-state index in [0.29, 0.717) is 0 Å². The van der Waals surface area contributed by atoms with Gasteiger partial charge in [-0.15, -0.1) is 0 Å². The molecule has 0 amide bonds. The summed E-state index contributed by atoms with van der Waals surface area (Å²) in [5.74, 6) is 0. The van der Waals surface area contributed by atoms with Gasteiger partial charge in [-0.1, -0.05) is 121 Å². The monoisotopic (exact) mass is 740 g/mol. The van der Waals surface area contributed by atoms with Gasteiger partial charge >= 0.3 is 0 Å². The highest BCUT2D eigenvalue weighted by molar-refractivity contribution is 6.17. The maximum Gasteiger partial charge on any atom is 0.146 e. The first-order valence-corrected chi connectivity index (χ1v) is 19.4. The average Bonchev–Trinajstić information content (AvgIpc) is 3.84. The Morgan fingerprint density at radius 3 is 1.48 bits per heavy atom. The van der Waals surface area contributed by atoms with Crippen molar-refractivity contribution in [1.29, 1.82) is 0 Å². The summed E-state index contributed by atoms with van der Waals surface area (Å²) in [6.07, 6.45) is 7.40. The SMILES string of the molecule is c1cncc(-c2ccc(-c3cc(-n4c5ccccc5c5cc6nc7c8ccccc8c8ccccc8n7c6cc54)cc(-c4ccc(-c5cccnc5)cc4)n3)cc2)c1. The quantitative estimate of drug-likeness (QED) is 0.165. The van der Waals surface area contributed by atoms with Crippen molar-refractivity contribution in [3.8, 4) is 50.5 Å². The number of para-hydroxylation sites is 2. The molecule has 0 saturated carbocycles. The molecule has 0 saturated heterocycles. The minimum absolute atomic E-state index is 0.890. The summed E-state index contributed by atoms with van der Waals surface area (Å²) in [4.78, 5) is 19.4. The second-order valence-electron chi connectivity index (χ2n) is 14.8. The van der Waals surface area contributed by atoms with Crippen LogP contribution in [0.4, 0.5) is 0 Å². The lowest BCUT2D eigenvalue weighted by Gasteiger charge is -2.14. The van der Waals surface area contributed by atoms with Gasteiger partial charge in [-0.25, -0.2) is 9.97 Å². The number of hydrogen-bond donors (Lipinski definition) is 0. The lowest BCUT2D eigenvalue weighted by atomic mass is 10.0. The van der Waals surface area contributed by atoms with Gasteiger partial charge in [0, 0.05) is 57.5 Å². The Labute approximate surface area is 333 Å². The van der Waals surface area contributed by atoms with E-state index in [0.717, 1.165) is 94.5 Å². The molecule has 270 valence electrons. The maximum atomic E-state index is 5.34.